The number of hydrogen-bond donors (Lipinski definition) is 0. The van der Waals surface area contributed by atoms with Gasteiger partial charge in [-0.3, -0.25) is 4.90 Å². The summed E-state index contributed by atoms with van der Waals surface area (Å²) in [6.07, 6.45) is 3.43. The van der Waals surface area contributed by atoms with E-state index in [1.165, 1.54) is 16.4 Å². The molecule has 0 saturated carbocycles. The number of hydrogen-bond acceptors (Lipinski definition) is 5. The molecule has 7 nitrogen and oxygen atoms in total. The normalized spacial score (nSPS) is 16.5. The Morgan fingerprint density at radius 1 is 1.22 bits per heavy atom. The molecule has 1 saturated heterocycles. The second kappa shape index (κ2) is 8.42. The van der Waals surface area contributed by atoms with Crippen LogP contribution in [0.2, 0.25) is 10.0 Å². The van der Waals surface area contributed by atoms with E-state index in [9.17, 15) is 8.42 Å². The fraction of sp³-hybridized carbons (Fsp3) is 0.375. The lowest BCUT2D eigenvalue weighted by molar-refractivity contribution is 0.144. The van der Waals surface area contributed by atoms with E-state index in [1.807, 2.05) is 4.57 Å². The molecule has 146 valence electrons. The average Bonchev–Trinajstić information content (AvgIpc) is 2.98. The molecule has 1 aromatic carbocycles. The summed E-state index contributed by atoms with van der Waals surface area (Å²) in [5.41, 5.74) is 0. The van der Waals surface area contributed by atoms with Crippen LogP contribution in [0, 0.1) is 4.77 Å². The third kappa shape index (κ3) is 4.44. The van der Waals surface area contributed by atoms with Crippen molar-refractivity contribution in [2.75, 3.05) is 26.2 Å². The highest BCUT2D eigenvalue weighted by Gasteiger charge is 2.30. The minimum Gasteiger partial charge on any atom is -0.303 e. The van der Waals surface area contributed by atoms with Crippen LogP contribution in [0.15, 0.2) is 42.1 Å². The fourth-order valence-corrected chi connectivity index (χ4v) is 5.23. The van der Waals surface area contributed by atoms with Crippen LogP contribution in [0.3, 0.4) is 0 Å². The summed E-state index contributed by atoms with van der Waals surface area (Å²) < 4.78 is 31.3. The first kappa shape index (κ1) is 20.5. The van der Waals surface area contributed by atoms with Gasteiger partial charge in [-0.25, -0.2) is 13.1 Å². The van der Waals surface area contributed by atoms with Crippen molar-refractivity contribution in [1.29, 1.82) is 0 Å². The van der Waals surface area contributed by atoms with Crippen molar-refractivity contribution in [2.24, 2.45) is 0 Å². The van der Waals surface area contributed by atoms with Crippen molar-refractivity contribution in [3.05, 3.63) is 52.0 Å². The highest BCUT2D eigenvalue weighted by molar-refractivity contribution is 7.89. The van der Waals surface area contributed by atoms with Gasteiger partial charge in [0.2, 0.25) is 10.0 Å². The summed E-state index contributed by atoms with van der Waals surface area (Å²) in [4.78, 5) is 2.14. The number of aromatic nitrogens is 3. The third-order valence-corrected chi connectivity index (χ3v) is 7.36. The third-order valence-electron chi connectivity index (χ3n) is 4.30. The first-order valence-electron chi connectivity index (χ1n) is 8.23. The largest absolute Gasteiger partial charge is 0.303 e. The predicted molar refractivity (Wildman–Crippen MR) is 108 cm³/mol. The summed E-state index contributed by atoms with van der Waals surface area (Å²) in [7, 11) is -3.69. The van der Waals surface area contributed by atoms with E-state index in [-0.39, 0.29) is 9.92 Å². The molecule has 27 heavy (non-hydrogen) atoms. The maximum Gasteiger partial charge on any atom is 0.244 e. The Balaban J connectivity index is 1.67. The zero-order chi connectivity index (χ0) is 19.6. The van der Waals surface area contributed by atoms with E-state index in [0.29, 0.717) is 49.2 Å². The Bertz CT molecular complexity index is 994. The fourth-order valence-electron chi connectivity index (χ4n) is 2.85. The van der Waals surface area contributed by atoms with E-state index in [4.69, 9.17) is 35.4 Å². The van der Waals surface area contributed by atoms with Crippen LogP contribution in [0.5, 0.6) is 0 Å². The van der Waals surface area contributed by atoms with Crippen LogP contribution in [0.1, 0.15) is 0 Å². The minimum atomic E-state index is -3.69. The second-order valence-corrected chi connectivity index (χ2v) is 9.21. The van der Waals surface area contributed by atoms with Gasteiger partial charge in [-0.15, -0.1) is 6.58 Å². The molecule has 2 aromatic rings. The molecule has 0 radical (unpaired) electrons. The Hall–Kier alpha value is -1.23. The molecule has 1 aliphatic rings. The Morgan fingerprint density at radius 3 is 2.59 bits per heavy atom. The standard InChI is InChI=1S/C16H19Cl2N5O2S2/c1-2-5-21-11-19-23(16(21)26)12-20-6-8-22(9-7-20)27(24,25)15-10-13(17)3-4-14(15)18/h2-4,10-11H,1,5-9,12H2. The smallest absolute Gasteiger partial charge is 0.244 e. The van der Waals surface area contributed by atoms with Crippen molar-refractivity contribution >= 4 is 45.4 Å². The molecule has 0 amide bonds. The molecule has 0 spiro atoms. The number of rotatable bonds is 6. The van der Waals surface area contributed by atoms with Crippen molar-refractivity contribution in [3.63, 3.8) is 0 Å². The maximum atomic E-state index is 12.9. The lowest BCUT2D eigenvalue weighted by Crippen LogP contribution is -2.49. The number of allylic oxidation sites excluding steroid dienone is 1. The second-order valence-electron chi connectivity index (χ2n) is 6.09. The lowest BCUT2D eigenvalue weighted by Gasteiger charge is -2.33. The molecule has 0 bridgehead atoms. The molecule has 0 N–H and O–H groups in total. The van der Waals surface area contributed by atoms with E-state index in [1.54, 1.807) is 23.2 Å². The van der Waals surface area contributed by atoms with Crippen LogP contribution in [-0.4, -0.2) is 58.1 Å². The number of halogens is 2. The van der Waals surface area contributed by atoms with Crippen LogP contribution < -0.4 is 0 Å². The quantitative estimate of drug-likeness (QED) is 0.503. The molecule has 2 heterocycles. The van der Waals surface area contributed by atoms with Crippen LogP contribution in [-0.2, 0) is 23.2 Å². The number of piperazine rings is 1. The van der Waals surface area contributed by atoms with Gasteiger partial charge in [-0.2, -0.15) is 9.40 Å². The molecule has 0 unspecified atom stereocenters. The van der Waals surface area contributed by atoms with Crippen molar-refractivity contribution in [2.45, 2.75) is 18.1 Å². The zero-order valence-corrected chi connectivity index (χ0v) is 17.6. The topological polar surface area (TPSA) is 63.4 Å². The summed E-state index contributed by atoms with van der Waals surface area (Å²) in [6.45, 7) is 6.64. The Morgan fingerprint density at radius 2 is 1.93 bits per heavy atom. The first-order chi connectivity index (χ1) is 12.8. The van der Waals surface area contributed by atoms with Crippen LogP contribution in [0.4, 0.5) is 0 Å². The average molecular weight is 448 g/mol. The maximum absolute atomic E-state index is 12.9. The van der Waals surface area contributed by atoms with Crippen LogP contribution in [0.25, 0.3) is 0 Å². The van der Waals surface area contributed by atoms with Gasteiger partial charge in [-0.1, -0.05) is 29.3 Å². The molecule has 3 rings (SSSR count). The molecule has 1 aromatic heterocycles. The number of benzene rings is 1. The van der Waals surface area contributed by atoms with Gasteiger partial charge >= 0.3 is 0 Å². The highest BCUT2D eigenvalue weighted by Crippen LogP contribution is 2.28. The molecule has 1 fully saturated rings. The lowest BCUT2D eigenvalue weighted by atomic mass is 10.4. The van der Waals surface area contributed by atoms with Crippen molar-refractivity contribution in [1.82, 2.24) is 23.6 Å². The number of sulfonamides is 1. The van der Waals surface area contributed by atoms with Gasteiger partial charge in [0.1, 0.15) is 11.2 Å². The molecular weight excluding hydrogens is 429 g/mol. The van der Waals surface area contributed by atoms with Crippen molar-refractivity contribution < 1.29 is 8.42 Å². The molecule has 1 aliphatic heterocycles. The van der Waals surface area contributed by atoms with E-state index in [2.05, 4.69) is 16.6 Å². The summed E-state index contributed by atoms with van der Waals surface area (Å²) >= 11 is 17.4. The molecule has 0 aliphatic carbocycles. The SMILES string of the molecule is C=CCn1cnn(CN2CCN(S(=O)(=O)c3cc(Cl)ccc3Cl)CC2)c1=S. The molecule has 11 heteroatoms. The Labute approximate surface area is 173 Å². The zero-order valence-electron chi connectivity index (χ0n) is 14.5. The van der Waals surface area contributed by atoms with E-state index >= 15 is 0 Å². The van der Waals surface area contributed by atoms with Gasteiger partial charge < -0.3 is 4.57 Å². The predicted octanol–water partition coefficient (Wildman–Crippen LogP) is 2.87. The molecule has 0 atom stereocenters. The highest BCUT2D eigenvalue weighted by atomic mass is 35.5. The van der Waals surface area contributed by atoms with Gasteiger partial charge in [0.05, 0.1) is 11.7 Å². The van der Waals surface area contributed by atoms with Gasteiger partial charge in [0, 0.05) is 37.7 Å². The molecular formula is C16H19Cl2N5O2S2. The van der Waals surface area contributed by atoms with E-state index in [0.717, 1.165) is 0 Å². The Kier molecular flexibility index (Phi) is 6.39. The van der Waals surface area contributed by atoms with Gasteiger partial charge in [-0.05, 0) is 30.4 Å². The van der Waals surface area contributed by atoms with E-state index < -0.39 is 10.0 Å². The first-order valence-corrected chi connectivity index (χ1v) is 10.8. The van der Waals surface area contributed by atoms with Crippen LogP contribution >= 0.6 is 35.4 Å². The van der Waals surface area contributed by atoms with Gasteiger partial charge in [0.25, 0.3) is 0 Å². The van der Waals surface area contributed by atoms with Crippen molar-refractivity contribution in [3.8, 4) is 0 Å². The van der Waals surface area contributed by atoms with Gasteiger partial charge in [0.15, 0.2) is 4.77 Å². The summed E-state index contributed by atoms with van der Waals surface area (Å²) in [5, 5.41) is 4.79. The number of nitrogens with zero attached hydrogens (tertiary/aromatic N) is 5. The summed E-state index contributed by atoms with van der Waals surface area (Å²) in [5.74, 6) is 0. The summed E-state index contributed by atoms with van der Waals surface area (Å²) in [6, 6.07) is 4.45. The monoisotopic (exact) mass is 447 g/mol. The minimum absolute atomic E-state index is 0.0375.